The highest BCUT2D eigenvalue weighted by Gasteiger charge is 2.27. The summed E-state index contributed by atoms with van der Waals surface area (Å²) in [4.78, 5) is 2.63. The summed E-state index contributed by atoms with van der Waals surface area (Å²) in [6.45, 7) is 9.23. The molecule has 0 aromatic rings. The van der Waals surface area contributed by atoms with Gasteiger partial charge in [-0.2, -0.15) is 0 Å². The van der Waals surface area contributed by atoms with E-state index in [-0.39, 0.29) is 0 Å². The maximum atomic E-state index is 3.38. The standard InChI is InChI=1S/C10H22N2/c1-3-8-12(10-5-6-10)9-7-11-4-2/h10-11H,3-9H2,1-2H3. The van der Waals surface area contributed by atoms with Crippen molar-refractivity contribution in [3.05, 3.63) is 0 Å². The second-order valence-electron chi connectivity index (χ2n) is 3.62. The molecule has 1 fully saturated rings. The van der Waals surface area contributed by atoms with Gasteiger partial charge in [0.2, 0.25) is 0 Å². The fourth-order valence-electron chi connectivity index (χ4n) is 1.60. The van der Waals surface area contributed by atoms with E-state index in [4.69, 9.17) is 0 Å². The first-order chi connectivity index (χ1) is 5.88. The topological polar surface area (TPSA) is 15.3 Å². The molecule has 0 bridgehead atoms. The molecule has 1 N–H and O–H groups in total. The Balaban J connectivity index is 2.05. The Kier molecular flexibility index (Phi) is 4.62. The summed E-state index contributed by atoms with van der Waals surface area (Å²) in [7, 11) is 0. The third-order valence-corrected chi connectivity index (χ3v) is 2.40. The zero-order valence-electron chi connectivity index (χ0n) is 8.47. The normalized spacial score (nSPS) is 17.2. The van der Waals surface area contributed by atoms with Crippen LogP contribution in [0.15, 0.2) is 0 Å². The molecule has 1 saturated carbocycles. The molecule has 0 amide bonds. The molecular formula is C10H22N2. The molecule has 0 radical (unpaired) electrons. The van der Waals surface area contributed by atoms with E-state index in [1.165, 1.54) is 32.4 Å². The fraction of sp³-hybridized carbons (Fsp3) is 1.00. The van der Waals surface area contributed by atoms with Crippen LogP contribution in [0.3, 0.4) is 0 Å². The average molecular weight is 170 g/mol. The maximum Gasteiger partial charge on any atom is 0.0110 e. The van der Waals surface area contributed by atoms with Crippen LogP contribution in [0.4, 0.5) is 0 Å². The predicted molar refractivity (Wildman–Crippen MR) is 53.4 cm³/mol. The maximum absolute atomic E-state index is 3.38. The van der Waals surface area contributed by atoms with Gasteiger partial charge >= 0.3 is 0 Å². The quantitative estimate of drug-likeness (QED) is 0.582. The summed E-state index contributed by atoms with van der Waals surface area (Å²) < 4.78 is 0. The van der Waals surface area contributed by atoms with Crippen LogP contribution in [0.25, 0.3) is 0 Å². The van der Waals surface area contributed by atoms with Gasteiger partial charge in [-0.3, -0.25) is 4.90 Å². The molecule has 1 aliphatic carbocycles. The van der Waals surface area contributed by atoms with Crippen molar-refractivity contribution in [2.24, 2.45) is 0 Å². The Morgan fingerprint density at radius 2 is 2.00 bits per heavy atom. The molecule has 1 rings (SSSR count). The summed E-state index contributed by atoms with van der Waals surface area (Å²) >= 11 is 0. The van der Waals surface area contributed by atoms with Gasteiger partial charge in [0.1, 0.15) is 0 Å². The molecule has 0 aromatic heterocycles. The van der Waals surface area contributed by atoms with Crippen LogP contribution in [-0.4, -0.2) is 37.1 Å². The van der Waals surface area contributed by atoms with Crippen LogP contribution >= 0.6 is 0 Å². The molecule has 0 aliphatic heterocycles. The van der Waals surface area contributed by atoms with E-state index in [1.807, 2.05) is 0 Å². The summed E-state index contributed by atoms with van der Waals surface area (Å²) in [5, 5.41) is 3.38. The van der Waals surface area contributed by atoms with Gasteiger partial charge in [-0.1, -0.05) is 13.8 Å². The second kappa shape index (κ2) is 5.55. The third kappa shape index (κ3) is 3.55. The highest BCUT2D eigenvalue weighted by molar-refractivity contribution is 4.84. The largest absolute Gasteiger partial charge is 0.316 e. The van der Waals surface area contributed by atoms with Gasteiger partial charge in [0.25, 0.3) is 0 Å². The van der Waals surface area contributed by atoms with E-state index in [9.17, 15) is 0 Å². The van der Waals surface area contributed by atoms with Gasteiger partial charge in [-0.05, 0) is 32.4 Å². The molecule has 12 heavy (non-hydrogen) atoms. The van der Waals surface area contributed by atoms with Gasteiger partial charge in [0.15, 0.2) is 0 Å². The number of hydrogen-bond donors (Lipinski definition) is 1. The molecule has 0 atom stereocenters. The predicted octanol–water partition coefficient (Wildman–Crippen LogP) is 1.47. The molecule has 1 aliphatic rings. The molecular weight excluding hydrogens is 148 g/mol. The molecule has 0 aromatic carbocycles. The van der Waals surface area contributed by atoms with Crippen molar-refractivity contribution < 1.29 is 0 Å². The Morgan fingerprint density at radius 3 is 2.50 bits per heavy atom. The Labute approximate surface area is 76.3 Å². The SMILES string of the molecule is CCCN(CCNCC)C1CC1. The molecule has 0 saturated heterocycles. The minimum absolute atomic E-state index is 0.934. The lowest BCUT2D eigenvalue weighted by Gasteiger charge is -2.20. The lowest BCUT2D eigenvalue weighted by molar-refractivity contribution is 0.264. The summed E-state index contributed by atoms with van der Waals surface area (Å²) in [5.74, 6) is 0. The summed E-state index contributed by atoms with van der Waals surface area (Å²) in [5.41, 5.74) is 0. The van der Waals surface area contributed by atoms with Crippen molar-refractivity contribution in [1.29, 1.82) is 0 Å². The van der Waals surface area contributed by atoms with E-state index in [0.29, 0.717) is 0 Å². The Morgan fingerprint density at radius 1 is 1.25 bits per heavy atom. The number of nitrogens with zero attached hydrogens (tertiary/aromatic N) is 1. The first-order valence-electron chi connectivity index (χ1n) is 5.33. The van der Waals surface area contributed by atoms with E-state index in [1.54, 1.807) is 0 Å². The first kappa shape index (κ1) is 10.0. The van der Waals surface area contributed by atoms with Crippen molar-refractivity contribution in [2.45, 2.75) is 39.2 Å². The van der Waals surface area contributed by atoms with Gasteiger partial charge in [0.05, 0.1) is 0 Å². The van der Waals surface area contributed by atoms with Crippen LogP contribution in [0.1, 0.15) is 33.1 Å². The zero-order chi connectivity index (χ0) is 8.81. The lowest BCUT2D eigenvalue weighted by atomic mass is 10.4. The Bertz CT molecular complexity index is 110. The van der Waals surface area contributed by atoms with E-state index < -0.39 is 0 Å². The van der Waals surface area contributed by atoms with Crippen LogP contribution in [0.2, 0.25) is 0 Å². The average Bonchev–Trinajstić information content (AvgIpc) is 2.86. The van der Waals surface area contributed by atoms with Crippen LogP contribution < -0.4 is 5.32 Å². The fourth-order valence-corrected chi connectivity index (χ4v) is 1.60. The highest BCUT2D eigenvalue weighted by Crippen LogP contribution is 2.26. The van der Waals surface area contributed by atoms with Gasteiger partial charge in [-0.15, -0.1) is 0 Å². The van der Waals surface area contributed by atoms with Crippen molar-refractivity contribution in [3.8, 4) is 0 Å². The molecule has 2 nitrogen and oxygen atoms in total. The number of likely N-dealkylation sites (N-methyl/N-ethyl adjacent to an activating group) is 1. The minimum Gasteiger partial charge on any atom is -0.316 e. The smallest absolute Gasteiger partial charge is 0.0110 e. The Hall–Kier alpha value is -0.0800. The van der Waals surface area contributed by atoms with Crippen LogP contribution in [0.5, 0.6) is 0 Å². The van der Waals surface area contributed by atoms with Crippen molar-refractivity contribution in [2.75, 3.05) is 26.2 Å². The van der Waals surface area contributed by atoms with E-state index in [0.717, 1.165) is 19.1 Å². The van der Waals surface area contributed by atoms with E-state index >= 15 is 0 Å². The minimum atomic E-state index is 0.934. The van der Waals surface area contributed by atoms with Gasteiger partial charge in [-0.25, -0.2) is 0 Å². The lowest BCUT2D eigenvalue weighted by Crippen LogP contribution is -2.34. The number of hydrogen-bond acceptors (Lipinski definition) is 2. The van der Waals surface area contributed by atoms with E-state index in [2.05, 4.69) is 24.1 Å². The second-order valence-corrected chi connectivity index (χ2v) is 3.62. The van der Waals surface area contributed by atoms with Crippen molar-refractivity contribution in [3.63, 3.8) is 0 Å². The monoisotopic (exact) mass is 170 g/mol. The zero-order valence-corrected chi connectivity index (χ0v) is 8.47. The van der Waals surface area contributed by atoms with Gasteiger partial charge in [0, 0.05) is 19.1 Å². The number of rotatable bonds is 7. The van der Waals surface area contributed by atoms with Gasteiger partial charge < -0.3 is 5.32 Å². The molecule has 0 unspecified atom stereocenters. The molecule has 0 spiro atoms. The van der Waals surface area contributed by atoms with Crippen LogP contribution in [0, 0.1) is 0 Å². The molecule has 72 valence electrons. The van der Waals surface area contributed by atoms with Crippen molar-refractivity contribution in [1.82, 2.24) is 10.2 Å². The summed E-state index contributed by atoms with van der Waals surface area (Å²) in [6.07, 6.45) is 4.17. The van der Waals surface area contributed by atoms with Crippen LogP contribution in [-0.2, 0) is 0 Å². The third-order valence-electron chi connectivity index (χ3n) is 2.40. The molecule has 2 heteroatoms. The summed E-state index contributed by atoms with van der Waals surface area (Å²) in [6, 6.07) is 0.934. The first-order valence-corrected chi connectivity index (χ1v) is 5.33. The highest BCUT2D eigenvalue weighted by atomic mass is 15.2. The molecule has 0 heterocycles. The van der Waals surface area contributed by atoms with Crippen molar-refractivity contribution >= 4 is 0 Å². The number of nitrogens with one attached hydrogen (secondary N) is 1.